The number of hydrogen-bond acceptors (Lipinski definition) is 2. The third-order valence-electron chi connectivity index (χ3n) is 4.69. The van der Waals surface area contributed by atoms with E-state index >= 15 is 0 Å². The molecule has 0 radical (unpaired) electrons. The van der Waals surface area contributed by atoms with Crippen LogP contribution < -0.4 is 10.5 Å². The van der Waals surface area contributed by atoms with Gasteiger partial charge in [0.15, 0.2) is 0 Å². The van der Waals surface area contributed by atoms with Crippen LogP contribution in [0.25, 0.3) is 0 Å². The maximum Gasteiger partial charge on any atom is 0.122 e. The number of nitrogens with two attached hydrogens (primary N) is 1. The number of aryl methyl sites for hydroxylation is 1. The fourth-order valence-corrected chi connectivity index (χ4v) is 2.67. The first kappa shape index (κ1) is 15.4. The number of hydrogen-bond donors (Lipinski definition) is 1. The Bertz CT molecular complexity index is 447. The van der Waals surface area contributed by atoms with Crippen molar-refractivity contribution < 1.29 is 4.74 Å². The van der Waals surface area contributed by atoms with Crippen LogP contribution in [-0.2, 0) is 12.8 Å². The zero-order valence-corrected chi connectivity index (χ0v) is 13.4. The highest BCUT2D eigenvalue weighted by atomic mass is 16.5. The van der Waals surface area contributed by atoms with Gasteiger partial charge < -0.3 is 10.5 Å². The van der Waals surface area contributed by atoms with Crippen LogP contribution in [0.4, 0.5) is 0 Å². The molecule has 1 aromatic rings. The van der Waals surface area contributed by atoms with Gasteiger partial charge in [-0.05, 0) is 47.8 Å². The van der Waals surface area contributed by atoms with E-state index in [0.717, 1.165) is 38.0 Å². The highest BCUT2D eigenvalue weighted by Crippen LogP contribution is 2.30. The lowest BCUT2D eigenvalue weighted by Gasteiger charge is -2.29. The number of ether oxygens (including phenoxy) is 1. The highest BCUT2D eigenvalue weighted by Gasteiger charge is 2.22. The van der Waals surface area contributed by atoms with Gasteiger partial charge in [-0.1, -0.05) is 39.8 Å². The molecule has 0 spiro atoms. The fourth-order valence-electron chi connectivity index (χ4n) is 2.67. The van der Waals surface area contributed by atoms with Crippen molar-refractivity contribution in [2.75, 3.05) is 6.61 Å². The second-order valence-corrected chi connectivity index (χ2v) is 7.34. The van der Waals surface area contributed by atoms with Gasteiger partial charge in [-0.25, -0.2) is 0 Å². The van der Waals surface area contributed by atoms with Crippen LogP contribution in [0.1, 0.15) is 51.7 Å². The summed E-state index contributed by atoms with van der Waals surface area (Å²) in [5, 5.41) is 0. The minimum absolute atomic E-state index is 0.300. The van der Waals surface area contributed by atoms with Crippen LogP contribution in [0.3, 0.4) is 0 Å². The molecule has 0 aliphatic carbocycles. The molecular formula is C18H29NO. The molecule has 1 aromatic carbocycles. The Balaban J connectivity index is 1.83. The molecule has 2 rings (SSSR count). The highest BCUT2D eigenvalue weighted by molar-refractivity contribution is 5.39. The molecule has 2 N–H and O–H groups in total. The van der Waals surface area contributed by atoms with E-state index in [1.165, 1.54) is 11.1 Å². The molecule has 112 valence electrons. The zero-order valence-electron chi connectivity index (χ0n) is 13.4. The largest absolute Gasteiger partial charge is 0.493 e. The monoisotopic (exact) mass is 275 g/mol. The van der Waals surface area contributed by atoms with E-state index < -0.39 is 0 Å². The first-order valence-corrected chi connectivity index (χ1v) is 7.86. The topological polar surface area (TPSA) is 35.2 Å². The molecule has 2 nitrogen and oxygen atoms in total. The average Bonchev–Trinajstić information content (AvgIpc) is 2.82. The van der Waals surface area contributed by atoms with Crippen molar-refractivity contribution in [3.63, 3.8) is 0 Å². The second kappa shape index (κ2) is 6.17. The summed E-state index contributed by atoms with van der Waals surface area (Å²) in [4.78, 5) is 0. The van der Waals surface area contributed by atoms with Crippen LogP contribution in [0.2, 0.25) is 0 Å². The predicted octanol–water partition coefficient (Wildman–Crippen LogP) is 3.95. The Hall–Kier alpha value is -1.02. The molecule has 2 heteroatoms. The molecule has 0 amide bonds. The molecule has 20 heavy (non-hydrogen) atoms. The van der Waals surface area contributed by atoms with E-state index in [9.17, 15) is 0 Å². The Morgan fingerprint density at radius 3 is 2.75 bits per heavy atom. The average molecular weight is 275 g/mol. The summed E-state index contributed by atoms with van der Waals surface area (Å²) in [7, 11) is 0. The first-order chi connectivity index (χ1) is 9.36. The van der Waals surface area contributed by atoms with Crippen molar-refractivity contribution in [2.45, 2.75) is 59.4 Å². The summed E-state index contributed by atoms with van der Waals surface area (Å²) in [5.74, 6) is 1.73. The van der Waals surface area contributed by atoms with Gasteiger partial charge in [-0.15, -0.1) is 0 Å². The molecule has 1 heterocycles. The maximum atomic E-state index is 6.31. The predicted molar refractivity (Wildman–Crippen MR) is 85.2 cm³/mol. The maximum absolute atomic E-state index is 6.31. The van der Waals surface area contributed by atoms with E-state index in [4.69, 9.17) is 10.5 Å². The molecule has 1 aliphatic rings. The number of fused-ring (bicyclic) bond motifs is 1. The Morgan fingerprint density at radius 1 is 1.30 bits per heavy atom. The lowest BCUT2D eigenvalue weighted by molar-refractivity contribution is 0.230. The van der Waals surface area contributed by atoms with Gasteiger partial charge in [0.05, 0.1) is 6.61 Å². The Labute approximate surface area is 123 Å². The van der Waals surface area contributed by atoms with Gasteiger partial charge in [0, 0.05) is 12.5 Å². The van der Waals surface area contributed by atoms with Gasteiger partial charge >= 0.3 is 0 Å². The fraction of sp³-hybridized carbons (Fsp3) is 0.667. The van der Waals surface area contributed by atoms with E-state index in [1.54, 1.807) is 0 Å². The molecular weight excluding hydrogens is 246 g/mol. The zero-order chi connectivity index (χ0) is 14.8. The lowest BCUT2D eigenvalue weighted by atomic mass is 9.78. The summed E-state index contributed by atoms with van der Waals surface area (Å²) < 4.78 is 5.54. The lowest BCUT2D eigenvalue weighted by Crippen LogP contribution is -2.28. The summed E-state index contributed by atoms with van der Waals surface area (Å²) in [5.41, 5.74) is 9.41. The van der Waals surface area contributed by atoms with Crippen LogP contribution in [-0.4, -0.2) is 12.6 Å². The van der Waals surface area contributed by atoms with E-state index in [1.807, 2.05) is 0 Å². The summed E-state index contributed by atoms with van der Waals surface area (Å²) in [6.07, 6.45) is 4.30. The minimum Gasteiger partial charge on any atom is -0.493 e. The van der Waals surface area contributed by atoms with Crippen LogP contribution in [0.5, 0.6) is 5.75 Å². The molecule has 0 aromatic heterocycles. The number of rotatable bonds is 5. The molecule has 1 aliphatic heterocycles. The molecule has 2 unspecified atom stereocenters. The molecule has 0 saturated heterocycles. The molecule has 2 atom stereocenters. The number of benzene rings is 1. The van der Waals surface area contributed by atoms with Crippen molar-refractivity contribution in [3.8, 4) is 5.75 Å². The van der Waals surface area contributed by atoms with Gasteiger partial charge in [-0.2, -0.15) is 0 Å². The third-order valence-corrected chi connectivity index (χ3v) is 4.69. The van der Waals surface area contributed by atoms with E-state index in [2.05, 4.69) is 45.9 Å². The molecule has 0 bridgehead atoms. The first-order valence-electron chi connectivity index (χ1n) is 7.86. The Kier molecular flexibility index (Phi) is 4.74. The second-order valence-electron chi connectivity index (χ2n) is 7.34. The van der Waals surface area contributed by atoms with Gasteiger partial charge in [-0.3, -0.25) is 0 Å². The van der Waals surface area contributed by atoms with Gasteiger partial charge in [0.25, 0.3) is 0 Å². The summed E-state index contributed by atoms with van der Waals surface area (Å²) in [6.45, 7) is 10.0. The minimum atomic E-state index is 0.300. The van der Waals surface area contributed by atoms with Crippen molar-refractivity contribution in [1.29, 1.82) is 0 Å². The van der Waals surface area contributed by atoms with Crippen LogP contribution >= 0.6 is 0 Å². The normalized spacial score (nSPS) is 17.4. The van der Waals surface area contributed by atoms with Crippen molar-refractivity contribution in [1.82, 2.24) is 0 Å². The molecule has 0 fully saturated rings. The molecule has 0 saturated carbocycles. The summed E-state index contributed by atoms with van der Waals surface area (Å²) >= 11 is 0. The van der Waals surface area contributed by atoms with Crippen molar-refractivity contribution >= 4 is 0 Å². The summed E-state index contributed by atoms with van der Waals surface area (Å²) in [6, 6.07) is 6.89. The SMILES string of the molecule is CC(CC(N)CCc1ccc2c(c1)CCO2)C(C)(C)C. The standard InChI is InChI=1S/C18H29NO/c1-13(18(2,3)4)11-16(19)7-5-14-6-8-17-15(12-14)9-10-20-17/h6,8,12-13,16H,5,7,9-11,19H2,1-4H3. The smallest absolute Gasteiger partial charge is 0.122 e. The third kappa shape index (κ3) is 3.99. The van der Waals surface area contributed by atoms with Crippen LogP contribution in [0.15, 0.2) is 18.2 Å². The van der Waals surface area contributed by atoms with Crippen molar-refractivity contribution in [2.24, 2.45) is 17.1 Å². The van der Waals surface area contributed by atoms with Crippen LogP contribution in [0, 0.1) is 11.3 Å². The quantitative estimate of drug-likeness (QED) is 0.883. The Morgan fingerprint density at radius 2 is 2.05 bits per heavy atom. The van der Waals surface area contributed by atoms with E-state index in [0.29, 0.717) is 17.4 Å². The van der Waals surface area contributed by atoms with E-state index in [-0.39, 0.29) is 0 Å². The van der Waals surface area contributed by atoms with Crippen molar-refractivity contribution in [3.05, 3.63) is 29.3 Å². The van der Waals surface area contributed by atoms with Gasteiger partial charge in [0.1, 0.15) is 5.75 Å². The van der Waals surface area contributed by atoms with Gasteiger partial charge in [0.2, 0.25) is 0 Å².